The Morgan fingerprint density at radius 3 is 2.27 bits per heavy atom. The van der Waals surface area contributed by atoms with Crippen molar-refractivity contribution in [2.75, 3.05) is 6.61 Å². The molecular weight excluding hydrogens is 480 g/mol. The molecule has 0 aromatic heterocycles. The summed E-state index contributed by atoms with van der Waals surface area (Å²) < 4.78 is 42.4. The Bertz CT molecular complexity index is 1030. The Kier molecular flexibility index (Phi) is 7.08. The molecule has 9 heteroatoms. The number of ether oxygens (including phenoxy) is 7. The second kappa shape index (κ2) is 10.3. The summed E-state index contributed by atoms with van der Waals surface area (Å²) >= 11 is 0. The monoisotopic (exact) mass is 514 g/mol. The molecule has 9 nitrogen and oxygen atoms in total. The van der Waals surface area contributed by atoms with E-state index in [1.54, 1.807) is 13.8 Å². The summed E-state index contributed by atoms with van der Waals surface area (Å²) in [6.45, 7) is 4.15. The van der Waals surface area contributed by atoms with Crippen LogP contribution in [0.25, 0.3) is 0 Å². The number of rotatable bonds is 6. The lowest BCUT2D eigenvalue weighted by atomic mass is 9.90. The zero-order chi connectivity index (χ0) is 25.6. The van der Waals surface area contributed by atoms with Crippen LogP contribution in [0.5, 0.6) is 0 Å². The van der Waals surface area contributed by atoms with E-state index in [9.17, 15) is 10.2 Å². The van der Waals surface area contributed by atoms with Gasteiger partial charge in [0.25, 0.3) is 0 Å². The Morgan fingerprint density at radius 2 is 1.54 bits per heavy atom. The Morgan fingerprint density at radius 1 is 0.838 bits per heavy atom. The number of aliphatic hydroxyl groups excluding tert-OH is 2. The molecule has 0 unspecified atom stereocenters. The first-order valence-corrected chi connectivity index (χ1v) is 12.9. The standard InChI is InChI=1S/C28H34O9/c1-28(2)36-25-22(30)19(34-27(25)37-28)13-18-21(29)24(31-14-16-9-5-3-6-10-16)23-20(33-18)15-32-26(35-23)17-11-7-4-8-12-17/h3-12,18-27,29-30H,13-15H2,1-2H3/t18-,19+,20-,21+,22+,23-,24-,25-,26-,27-/m1/s1. The van der Waals surface area contributed by atoms with Gasteiger partial charge in [0.1, 0.15) is 36.6 Å². The molecule has 0 bridgehead atoms. The fraction of sp³-hybridized carbons (Fsp3) is 0.571. The summed E-state index contributed by atoms with van der Waals surface area (Å²) in [6.07, 6.45) is -6.52. The van der Waals surface area contributed by atoms with Crippen LogP contribution in [-0.4, -0.2) is 77.7 Å². The average molecular weight is 515 g/mol. The van der Waals surface area contributed by atoms with Crippen molar-refractivity contribution < 1.29 is 43.4 Å². The zero-order valence-electron chi connectivity index (χ0n) is 20.9. The highest BCUT2D eigenvalue weighted by Gasteiger charge is 2.56. The van der Waals surface area contributed by atoms with Crippen molar-refractivity contribution in [2.24, 2.45) is 0 Å². The minimum absolute atomic E-state index is 0.235. The minimum Gasteiger partial charge on any atom is -0.388 e. The van der Waals surface area contributed by atoms with E-state index in [-0.39, 0.29) is 13.0 Å². The fourth-order valence-electron chi connectivity index (χ4n) is 5.59. The fourth-order valence-corrected chi connectivity index (χ4v) is 5.59. The molecule has 2 aromatic rings. The smallest absolute Gasteiger partial charge is 0.190 e. The largest absolute Gasteiger partial charge is 0.388 e. The van der Waals surface area contributed by atoms with Crippen molar-refractivity contribution in [1.82, 2.24) is 0 Å². The van der Waals surface area contributed by atoms with E-state index < -0.39 is 67.2 Å². The number of fused-ring (bicyclic) bond motifs is 2. The van der Waals surface area contributed by atoms with Gasteiger partial charge in [0.15, 0.2) is 18.4 Å². The maximum Gasteiger partial charge on any atom is 0.190 e. The topological polar surface area (TPSA) is 105 Å². The molecule has 2 N–H and O–H groups in total. The average Bonchev–Trinajstić information content (AvgIpc) is 3.36. The highest BCUT2D eigenvalue weighted by atomic mass is 16.8. The lowest BCUT2D eigenvalue weighted by Gasteiger charge is -2.48. The first-order valence-electron chi connectivity index (χ1n) is 12.9. The van der Waals surface area contributed by atoms with E-state index in [4.69, 9.17) is 33.2 Å². The number of hydrogen-bond acceptors (Lipinski definition) is 9. The molecule has 4 heterocycles. The summed E-state index contributed by atoms with van der Waals surface area (Å²) in [4.78, 5) is 0. The van der Waals surface area contributed by atoms with Gasteiger partial charge >= 0.3 is 0 Å². The lowest BCUT2D eigenvalue weighted by Crippen LogP contribution is -2.63. The van der Waals surface area contributed by atoms with Gasteiger partial charge in [-0.2, -0.15) is 0 Å². The summed E-state index contributed by atoms with van der Waals surface area (Å²) in [6, 6.07) is 19.5. The Balaban J connectivity index is 1.18. The van der Waals surface area contributed by atoms with Crippen LogP contribution in [-0.2, 0) is 39.8 Å². The third kappa shape index (κ3) is 5.21. The van der Waals surface area contributed by atoms with Crippen LogP contribution in [0.3, 0.4) is 0 Å². The van der Waals surface area contributed by atoms with E-state index in [2.05, 4.69) is 0 Å². The SMILES string of the molecule is CC1(C)O[C@H]2O[C@@H](C[C@H]3O[C@@H]4CO[C@@H](c5ccccc5)O[C@H]4[C@H](OCc4ccccc4)[C@H]3O)[C@H](O)[C@H]2O1. The lowest BCUT2D eigenvalue weighted by molar-refractivity contribution is -0.337. The number of hydrogen-bond donors (Lipinski definition) is 2. The van der Waals surface area contributed by atoms with Gasteiger partial charge in [0.2, 0.25) is 0 Å². The first kappa shape index (κ1) is 25.4. The van der Waals surface area contributed by atoms with E-state index in [1.165, 1.54) is 0 Å². The van der Waals surface area contributed by atoms with Gasteiger partial charge in [-0.1, -0.05) is 60.7 Å². The van der Waals surface area contributed by atoms with Crippen molar-refractivity contribution >= 4 is 0 Å². The van der Waals surface area contributed by atoms with Gasteiger partial charge in [-0.3, -0.25) is 0 Å². The number of aliphatic hydroxyl groups is 2. The molecule has 4 saturated heterocycles. The third-order valence-electron chi connectivity index (χ3n) is 7.39. The minimum atomic E-state index is -1.02. The van der Waals surface area contributed by atoms with Gasteiger partial charge in [-0.25, -0.2) is 0 Å². The normalized spacial score (nSPS) is 40.8. The highest BCUT2D eigenvalue weighted by Crippen LogP contribution is 2.41. The van der Waals surface area contributed by atoms with Crippen molar-refractivity contribution in [3.05, 3.63) is 71.8 Å². The maximum absolute atomic E-state index is 11.5. The summed E-state index contributed by atoms with van der Waals surface area (Å²) in [5.74, 6) is -0.822. The van der Waals surface area contributed by atoms with Crippen LogP contribution in [0.1, 0.15) is 37.7 Å². The molecule has 10 atom stereocenters. The first-order chi connectivity index (χ1) is 17.9. The highest BCUT2D eigenvalue weighted by molar-refractivity contribution is 5.17. The van der Waals surface area contributed by atoms with Crippen molar-refractivity contribution in [3.63, 3.8) is 0 Å². The van der Waals surface area contributed by atoms with E-state index in [0.717, 1.165) is 11.1 Å². The molecule has 4 aliphatic heterocycles. The van der Waals surface area contributed by atoms with Gasteiger partial charge in [0.05, 0.1) is 25.4 Å². The summed E-state index contributed by atoms with van der Waals surface area (Å²) in [5, 5.41) is 22.3. The molecule has 2 aromatic carbocycles. The van der Waals surface area contributed by atoms with Crippen LogP contribution in [0.15, 0.2) is 60.7 Å². The predicted molar refractivity (Wildman–Crippen MR) is 129 cm³/mol. The molecule has 4 aliphatic rings. The van der Waals surface area contributed by atoms with Crippen LogP contribution in [0, 0.1) is 0 Å². The van der Waals surface area contributed by atoms with Gasteiger partial charge < -0.3 is 43.4 Å². The summed E-state index contributed by atoms with van der Waals surface area (Å²) in [7, 11) is 0. The van der Waals surface area contributed by atoms with Crippen molar-refractivity contribution in [2.45, 2.75) is 94.1 Å². The predicted octanol–water partition coefficient (Wildman–Crippen LogP) is 2.44. The maximum atomic E-state index is 11.5. The second-order valence-electron chi connectivity index (χ2n) is 10.5. The molecule has 0 radical (unpaired) electrons. The molecule has 0 saturated carbocycles. The summed E-state index contributed by atoms with van der Waals surface area (Å²) in [5.41, 5.74) is 1.87. The van der Waals surface area contributed by atoms with Crippen LogP contribution in [0.4, 0.5) is 0 Å². The molecule has 6 rings (SSSR count). The van der Waals surface area contributed by atoms with Crippen LogP contribution < -0.4 is 0 Å². The third-order valence-corrected chi connectivity index (χ3v) is 7.39. The molecule has 4 fully saturated rings. The molecule has 0 aliphatic carbocycles. The van der Waals surface area contributed by atoms with E-state index in [0.29, 0.717) is 6.61 Å². The Hall–Kier alpha value is -1.92. The number of benzene rings is 2. The molecule has 0 amide bonds. The molecule has 37 heavy (non-hydrogen) atoms. The van der Waals surface area contributed by atoms with Crippen molar-refractivity contribution in [3.8, 4) is 0 Å². The van der Waals surface area contributed by atoms with Crippen LogP contribution >= 0.6 is 0 Å². The van der Waals surface area contributed by atoms with Gasteiger partial charge in [-0.15, -0.1) is 0 Å². The van der Waals surface area contributed by atoms with Crippen LogP contribution in [0.2, 0.25) is 0 Å². The van der Waals surface area contributed by atoms with E-state index >= 15 is 0 Å². The van der Waals surface area contributed by atoms with Gasteiger partial charge in [-0.05, 0) is 19.4 Å². The Labute approximate surface area is 216 Å². The van der Waals surface area contributed by atoms with E-state index in [1.807, 2.05) is 60.7 Å². The zero-order valence-corrected chi connectivity index (χ0v) is 20.9. The second-order valence-corrected chi connectivity index (χ2v) is 10.5. The molecule has 200 valence electrons. The quantitative estimate of drug-likeness (QED) is 0.601. The molecule has 0 spiro atoms. The van der Waals surface area contributed by atoms with Gasteiger partial charge in [0, 0.05) is 12.0 Å². The van der Waals surface area contributed by atoms with Crippen molar-refractivity contribution in [1.29, 1.82) is 0 Å². The molecular formula is C28H34O9.